The zero-order chi connectivity index (χ0) is 13.8. The minimum Gasteiger partial charge on any atom is -0.507 e. The fraction of sp³-hybridized carbons (Fsp3) is 0.533. The van der Waals surface area contributed by atoms with Gasteiger partial charge in [-0.2, -0.15) is 0 Å². The molecule has 1 aliphatic heterocycles. The predicted molar refractivity (Wildman–Crippen MR) is 75.4 cm³/mol. The van der Waals surface area contributed by atoms with E-state index >= 15 is 0 Å². The van der Waals surface area contributed by atoms with Gasteiger partial charge in [0.15, 0.2) is 0 Å². The Labute approximate surface area is 114 Å². The average molecular weight is 262 g/mol. The monoisotopic (exact) mass is 262 g/mol. The zero-order valence-electron chi connectivity index (χ0n) is 11.6. The van der Waals surface area contributed by atoms with E-state index in [0.717, 1.165) is 25.1 Å². The number of carbonyl (C=O) groups excluding carboxylic acids is 1. The lowest BCUT2D eigenvalue weighted by Crippen LogP contribution is -2.40. The molecule has 0 radical (unpaired) electrons. The Kier molecular flexibility index (Phi) is 4.43. The van der Waals surface area contributed by atoms with Gasteiger partial charge in [0, 0.05) is 12.6 Å². The second-order valence-electron chi connectivity index (χ2n) is 5.16. The molecule has 19 heavy (non-hydrogen) atoms. The first-order chi connectivity index (χ1) is 9.11. The van der Waals surface area contributed by atoms with E-state index in [1.54, 1.807) is 18.2 Å². The fourth-order valence-corrected chi connectivity index (χ4v) is 2.68. The van der Waals surface area contributed by atoms with Crippen LogP contribution >= 0.6 is 0 Å². The highest BCUT2D eigenvalue weighted by molar-refractivity contribution is 5.97. The number of phenolic OH excluding ortho intramolecular Hbond substituents is 1. The van der Waals surface area contributed by atoms with E-state index in [1.165, 1.54) is 6.42 Å². The summed E-state index contributed by atoms with van der Waals surface area (Å²) < 4.78 is 0. The van der Waals surface area contributed by atoms with E-state index in [-0.39, 0.29) is 11.7 Å². The van der Waals surface area contributed by atoms with E-state index in [9.17, 15) is 9.90 Å². The first-order valence-electron chi connectivity index (χ1n) is 6.93. The molecule has 2 rings (SSSR count). The number of benzene rings is 1. The smallest absolute Gasteiger partial charge is 0.255 e. The van der Waals surface area contributed by atoms with Gasteiger partial charge in [-0.1, -0.05) is 18.6 Å². The van der Waals surface area contributed by atoms with Gasteiger partial charge < -0.3 is 10.4 Å². The van der Waals surface area contributed by atoms with Crippen LogP contribution in [0.2, 0.25) is 0 Å². The van der Waals surface area contributed by atoms with Crippen molar-refractivity contribution < 1.29 is 9.90 Å². The largest absolute Gasteiger partial charge is 0.507 e. The van der Waals surface area contributed by atoms with E-state index < -0.39 is 0 Å². The molecule has 0 bridgehead atoms. The Bertz CT molecular complexity index is 459. The van der Waals surface area contributed by atoms with Crippen molar-refractivity contribution in [3.8, 4) is 5.75 Å². The quantitative estimate of drug-likeness (QED) is 0.871. The Morgan fingerprint density at radius 1 is 1.53 bits per heavy atom. The lowest BCUT2D eigenvalue weighted by atomic mass is 10.1. The molecule has 4 heteroatoms. The molecule has 4 nitrogen and oxygen atoms in total. The Morgan fingerprint density at radius 3 is 3.05 bits per heavy atom. The minimum atomic E-state index is -0.191. The van der Waals surface area contributed by atoms with Crippen LogP contribution in [0, 0.1) is 6.92 Å². The molecule has 1 fully saturated rings. The van der Waals surface area contributed by atoms with Gasteiger partial charge in [-0.05, 0) is 45.0 Å². The Hall–Kier alpha value is -1.55. The number of amides is 1. The molecule has 104 valence electrons. The molecule has 1 heterocycles. The van der Waals surface area contributed by atoms with Crippen molar-refractivity contribution in [1.82, 2.24) is 10.2 Å². The fourth-order valence-electron chi connectivity index (χ4n) is 2.68. The van der Waals surface area contributed by atoms with Crippen LogP contribution in [0.15, 0.2) is 18.2 Å². The van der Waals surface area contributed by atoms with Crippen molar-refractivity contribution in [2.45, 2.75) is 32.7 Å². The van der Waals surface area contributed by atoms with Crippen molar-refractivity contribution >= 4 is 5.91 Å². The van der Waals surface area contributed by atoms with Gasteiger partial charge in [-0.15, -0.1) is 0 Å². The number of aryl methyl sites for hydroxylation is 1. The summed E-state index contributed by atoms with van der Waals surface area (Å²) in [4.78, 5) is 14.5. The van der Waals surface area contributed by atoms with Crippen molar-refractivity contribution in [1.29, 1.82) is 0 Å². The van der Waals surface area contributed by atoms with Crippen LogP contribution in [0.3, 0.4) is 0 Å². The highest BCUT2D eigenvalue weighted by Gasteiger charge is 2.23. The zero-order valence-corrected chi connectivity index (χ0v) is 11.6. The maximum atomic E-state index is 12.1. The number of hydrogen-bond donors (Lipinski definition) is 2. The molecular weight excluding hydrogens is 240 g/mol. The van der Waals surface area contributed by atoms with Crippen LogP contribution in [0.25, 0.3) is 0 Å². The number of rotatable bonds is 4. The lowest BCUT2D eigenvalue weighted by Gasteiger charge is -2.23. The number of likely N-dealkylation sites (tertiary alicyclic amines) is 1. The molecule has 0 spiro atoms. The van der Waals surface area contributed by atoms with Gasteiger partial charge in [0.25, 0.3) is 5.91 Å². The molecule has 1 saturated heterocycles. The van der Waals surface area contributed by atoms with Crippen molar-refractivity contribution in [3.63, 3.8) is 0 Å². The van der Waals surface area contributed by atoms with Gasteiger partial charge in [0.2, 0.25) is 0 Å². The topological polar surface area (TPSA) is 52.6 Å². The van der Waals surface area contributed by atoms with Crippen molar-refractivity contribution in [2.24, 2.45) is 0 Å². The summed E-state index contributed by atoms with van der Waals surface area (Å²) in [5, 5.41) is 12.7. The van der Waals surface area contributed by atoms with E-state index in [4.69, 9.17) is 0 Å². The third-order valence-electron chi connectivity index (χ3n) is 3.80. The number of likely N-dealkylation sites (N-methyl/N-ethyl adjacent to an activating group) is 1. The standard InChI is InChI=1S/C15H22N2O2/c1-3-17-8-4-5-12(17)10-16-15(19)13-9-11(2)6-7-14(13)18/h6-7,9,12,18H,3-5,8,10H2,1-2H3,(H,16,19). The molecule has 0 aliphatic carbocycles. The van der Waals surface area contributed by atoms with Gasteiger partial charge in [-0.25, -0.2) is 0 Å². The summed E-state index contributed by atoms with van der Waals surface area (Å²) in [7, 11) is 0. The van der Waals surface area contributed by atoms with Gasteiger partial charge in [0.1, 0.15) is 5.75 Å². The third kappa shape index (κ3) is 3.26. The molecule has 1 aliphatic rings. The SMILES string of the molecule is CCN1CCCC1CNC(=O)c1cc(C)ccc1O. The molecule has 1 unspecified atom stereocenters. The highest BCUT2D eigenvalue weighted by Crippen LogP contribution is 2.19. The number of phenols is 1. The molecule has 2 N–H and O–H groups in total. The number of nitrogens with one attached hydrogen (secondary N) is 1. The summed E-state index contributed by atoms with van der Waals surface area (Å²) in [6.45, 7) is 6.85. The van der Waals surface area contributed by atoms with Gasteiger partial charge in [-0.3, -0.25) is 9.69 Å². The maximum Gasteiger partial charge on any atom is 0.255 e. The minimum absolute atomic E-state index is 0.0434. The molecular formula is C15H22N2O2. The summed E-state index contributed by atoms with van der Waals surface area (Å²) in [5.41, 5.74) is 1.33. The lowest BCUT2D eigenvalue weighted by molar-refractivity contribution is 0.0938. The average Bonchev–Trinajstić information content (AvgIpc) is 2.86. The van der Waals surface area contributed by atoms with Gasteiger partial charge in [0.05, 0.1) is 5.56 Å². The van der Waals surface area contributed by atoms with Crippen LogP contribution in [0.4, 0.5) is 0 Å². The van der Waals surface area contributed by atoms with Crippen LogP contribution in [0.1, 0.15) is 35.7 Å². The molecule has 1 aromatic rings. The Morgan fingerprint density at radius 2 is 2.32 bits per heavy atom. The van der Waals surface area contributed by atoms with E-state index in [1.807, 2.05) is 6.92 Å². The number of aromatic hydroxyl groups is 1. The second-order valence-corrected chi connectivity index (χ2v) is 5.16. The normalized spacial score (nSPS) is 19.6. The number of carbonyl (C=O) groups is 1. The summed E-state index contributed by atoms with van der Waals surface area (Å²) in [5.74, 6) is -0.147. The first kappa shape index (κ1) is 13.9. The second kappa shape index (κ2) is 6.06. The van der Waals surface area contributed by atoms with Crippen LogP contribution in [-0.2, 0) is 0 Å². The third-order valence-corrected chi connectivity index (χ3v) is 3.80. The number of hydrogen-bond acceptors (Lipinski definition) is 3. The van der Waals surface area contributed by atoms with Crippen LogP contribution in [0.5, 0.6) is 5.75 Å². The highest BCUT2D eigenvalue weighted by atomic mass is 16.3. The summed E-state index contributed by atoms with van der Waals surface area (Å²) >= 11 is 0. The molecule has 1 aromatic carbocycles. The van der Waals surface area contributed by atoms with Crippen LogP contribution in [-0.4, -0.2) is 41.6 Å². The van der Waals surface area contributed by atoms with Gasteiger partial charge >= 0.3 is 0 Å². The Balaban J connectivity index is 1.96. The molecule has 1 amide bonds. The molecule has 0 saturated carbocycles. The van der Waals surface area contributed by atoms with Crippen LogP contribution < -0.4 is 5.32 Å². The van der Waals surface area contributed by atoms with Crippen molar-refractivity contribution in [3.05, 3.63) is 29.3 Å². The first-order valence-corrected chi connectivity index (χ1v) is 6.93. The van der Waals surface area contributed by atoms with E-state index in [2.05, 4.69) is 17.1 Å². The number of nitrogens with zero attached hydrogens (tertiary/aromatic N) is 1. The summed E-state index contributed by atoms with van der Waals surface area (Å²) in [6.07, 6.45) is 2.33. The predicted octanol–water partition coefficient (Wildman–Crippen LogP) is 1.91. The molecule has 1 atom stereocenters. The summed E-state index contributed by atoms with van der Waals surface area (Å²) in [6, 6.07) is 5.51. The van der Waals surface area contributed by atoms with Crippen molar-refractivity contribution in [2.75, 3.05) is 19.6 Å². The van der Waals surface area contributed by atoms with E-state index in [0.29, 0.717) is 18.2 Å². The molecule has 0 aromatic heterocycles. The maximum absolute atomic E-state index is 12.1.